The Kier molecular flexibility index (Phi) is 2.88. The molecule has 0 atom stereocenters. The summed E-state index contributed by atoms with van der Waals surface area (Å²) in [5, 5.41) is 2.35. The Morgan fingerprint density at radius 3 is 2.60 bits per heavy atom. The summed E-state index contributed by atoms with van der Waals surface area (Å²) in [7, 11) is 0. The van der Waals surface area contributed by atoms with E-state index in [4.69, 9.17) is 17.3 Å². The largest absolute Gasteiger partial charge is 0.386 e. The minimum atomic E-state index is 0.257. The normalized spacial score (nSPS) is 11.9. The fourth-order valence-corrected chi connectivity index (χ4v) is 1.50. The zero-order valence-electron chi connectivity index (χ0n) is 8.15. The van der Waals surface area contributed by atoms with Crippen LogP contribution in [0.5, 0.6) is 0 Å². The Morgan fingerprint density at radius 1 is 1.13 bits per heavy atom. The van der Waals surface area contributed by atoms with Gasteiger partial charge in [0.25, 0.3) is 0 Å². The third-order valence-electron chi connectivity index (χ3n) is 2.14. The maximum atomic E-state index is 5.57. The van der Waals surface area contributed by atoms with E-state index in [0.717, 1.165) is 11.1 Å². The highest BCUT2D eigenvalue weighted by Gasteiger charge is 1.95. The quantitative estimate of drug-likeness (QED) is 0.470. The van der Waals surface area contributed by atoms with E-state index >= 15 is 0 Å². The van der Waals surface area contributed by atoms with E-state index in [0.29, 0.717) is 5.84 Å². The second kappa shape index (κ2) is 4.32. The van der Waals surface area contributed by atoms with Gasteiger partial charge in [0, 0.05) is 0 Å². The molecule has 0 unspecified atom stereocenters. The standard InChI is InChI=1S/C12H11ClN2/c13-8-12(14)15-11-6-5-9-3-1-2-4-10(9)7-11/h1-7H,8H2,(H2,14,15). The molecule has 0 aliphatic heterocycles. The van der Waals surface area contributed by atoms with Gasteiger partial charge >= 0.3 is 0 Å². The summed E-state index contributed by atoms with van der Waals surface area (Å²) in [6.07, 6.45) is 0. The van der Waals surface area contributed by atoms with E-state index in [9.17, 15) is 0 Å². The molecule has 2 rings (SSSR count). The SMILES string of the molecule is NC(CCl)=Nc1ccc2ccccc2c1. The minimum absolute atomic E-state index is 0.257. The van der Waals surface area contributed by atoms with Crippen molar-refractivity contribution in [1.29, 1.82) is 0 Å². The third kappa shape index (κ3) is 2.28. The number of benzene rings is 2. The summed E-state index contributed by atoms with van der Waals surface area (Å²) in [5.41, 5.74) is 6.41. The number of halogens is 1. The molecule has 0 radical (unpaired) electrons. The lowest BCUT2D eigenvalue weighted by molar-refractivity contribution is 1.46. The van der Waals surface area contributed by atoms with E-state index < -0.39 is 0 Å². The van der Waals surface area contributed by atoms with Gasteiger partial charge in [-0.2, -0.15) is 0 Å². The Morgan fingerprint density at radius 2 is 1.87 bits per heavy atom. The van der Waals surface area contributed by atoms with Crippen LogP contribution >= 0.6 is 11.6 Å². The maximum Gasteiger partial charge on any atom is 0.115 e. The van der Waals surface area contributed by atoms with Gasteiger partial charge in [-0.05, 0) is 22.9 Å². The molecule has 0 aliphatic carbocycles. The molecule has 76 valence electrons. The molecule has 0 saturated carbocycles. The average Bonchev–Trinajstić information content (AvgIpc) is 2.29. The molecule has 2 aromatic carbocycles. The molecule has 0 spiro atoms. The summed E-state index contributed by atoms with van der Waals surface area (Å²) in [5.74, 6) is 0.694. The fraction of sp³-hybridized carbons (Fsp3) is 0.0833. The molecular weight excluding hydrogens is 208 g/mol. The first-order valence-electron chi connectivity index (χ1n) is 4.67. The topological polar surface area (TPSA) is 38.4 Å². The van der Waals surface area contributed by atoms with E-state index in [-0.39, 0.29) is 5.88 Å². The second-order valence-electron chi connectivity index (χ2n) is 3.27. The number of nitrogens with zero attached hydrogens (tertiary/aromatic N) is 1. The van der Waals surface area contributed by atoms with Crippen molar-refractivity contribution in [3.8, 4) is 0 Å². The molecule has 2 nitrogen and oxygen atoms in total. The van der Waals surface area contributed by atoms with Gasteiger partial charge in [-0.3, -0.25) is 0 Å². The second-order valence-corrected chi connectivity index (χ2v) is 3.54. The van der Waals surface area contributed by atoms with Crippen molar-refractivity contribution in [1.82, 2.24) is 0 Å². The molecule has 0 aliphatic rings. The molecule has 0 fully saturated rings. The first-order chi connectivity index (χ1) is 7.29. The van der Waals surface area contributed by atoms with Gasteiger partial charge in [0.15, 0.2) is 0 Å². The van der Waals surface area contributed by atoms with E-state index in [1.54, 1.807) is 0 Å². The average molecular weight is 219 g/mol. The Balaban J connectivity index is 2.47. The van der Waals surface area contributed by atoms with Crippen LogP contribution in [0.15, 0.2) is 47.5 Å². The summed E-state index contributed by atoms with van der Waals surface area (Å²) < 4.78 is 0. The van der Waals surface area contributed by atoms with Gasteiger partial charge < -0.3 is 5.73 Å². The predicted octanol–water partition coefficient (Wildman–Crippen LogP) is 3.07. The van der Waals surface area contributed by atoms with Gasteiger partial charge in [0.2, 0.25) is 0 Å². The number of hydrogen-bond donors (Lipinski definition) is 1. The number of fused-ring (bicyclic) bond motifs is 1. The van der Waals surface area contributed by atoms with Crippen LogP contribution in [0.2, 0.25) is 0 Å². The summed E-state index contributed by atoms with van der Waals surface area (Å²) in [4.78, 5) is 4.19. The van der Waals surface area contributed by atoms with Gasteiger partial charge in [-0.25, -0.2) is 4.99 Å². The van der Waals surface area contributed by atoms with Crippen LogP contribution in [0.1, 0.15) is 0 Å². The maximum absolute atomic E-state index is 5.57. The summed E-state index contributed by atoms with van der Waals surface area (Å²) in [6.45, 7) is 0. The molecule has 0 bridgehead atoms. The first kappa shape index (κ1) is 9.99. The van der Waals surface area contributed by atoms with Crippen LogP contribution in [0.3, 0.4) is 0 Å². The summed E-state index contributed by atoms with van der Waals surface area (Å²) >= 11 is 5.56. The molecule has 0 saturated heterocycles. The molecule has 15 heavy (non-hydrogen) atoms. The molecule has 0 aromatic heterocycles. The van der Waals surface area contributed by atoms with Crippen LogP contribution in [0, 0.1) is 0 Å². The van der Waals surface area contributed by atoms with Gasteiger partial charge in [0.05, 0.1) is 11.6 Å². The smallest absolute Gasteiger partial charge is 0.115 e. The highest BCUT2D eigenvalue weighted by atomic mass is 35.5. The highest BCUT2D eigenvalue weighted by molar-refractivity contribution is 6.28. The Hall–Kier alpha value is -1.54. The predicted molar refractivity (Wildman–Crippen MR) is 66.0 cm³/mol. The molecule has 2 aromatic rings. The van der Waals surface area contributed by atoms with Crippen molar-refractivity contribution < 1.29 is 0 Å². The lowest BCUT2D eigenvalue weighted by Crippen LogP contribution is -2.12. The lowest BCUT2D eigenvalue weighted by atomic mass is 10.1. The zero-order chi connectivity index (χ0) is 10.7. The van der Waals surface area contributed by atoms with Gasteiger partial charge in [-0.15, -0.1) is 11.6 Å². The number of nitrogens with two attached hydrogens (primary N) is 1. The molecular formula is C12H11ClN2. The van der Waals surface area contributed by atoms with E-state index in [2.05, 4.69) is 11.1 Å². The summed E-state index contributed by atoms with van der Waals surface area (Å²) in [6, 6.07) is 14.1. The first-order valence-corrected chi connectivity index (χ1v) is 5.21. The lowest BCUT2D eigenvalue weighted by Gasteiger charge is -1.99. The third-order valence-corrected chi connectivity index (χ3v) is 2.42. The number of hydrogen-bond acceptors (Lipinski definition) is 1. The van der Waals surface area contributed by atoms with Crippen LogP contribution in [-0.4, -0.2) is 11.7 Å². The molecule has 3 heteroatoms. The van der Waals surface area contributed by atoms with Crippen LogP contribution in [0.4, 0.5) is 5.69 Å². The Labute approximate surface area is 93.4 Å². The fourth-order valence-electron chi connectivity index (χ4n) is 1.44. The van der Waals surface area contributed by atoms with E-state index in [1.165, 1.54) is 5.39 Å². The minimum Gasteiger partial charge on any atom is -0.386 e. The van der Waals surface area contributed by atoms with Crippen molar-refractivity contribution in [3.63, 3.8) is 0 Å². The van der Waals surface area contributed by atoms with Crippen molar-refractivity contribution >= 4 is 33.9 Å². The van der Waals surface area contributed by atoms with Crippen molar-refractivity contribution in [2.75, 3.05) is 5.88 Å². The van der Waals surface area contributed by atoms with Crippen LogP contribution < -0.4 is 5.73 Å². The van der Waals surface area contributed by atoms with Crippen LogP contribution in [-0.2, 0) is 0 Å². The Bertz CT molecular complexity index is 506. The monoisotopic (exact) mass is 218 g/mol. The molecule has 0 heterocycles. The molecule has 2 N–H and O–H groups in total. The van der Waals surface area contributed by atoms with Crippen molar-refractivity contribution in [2.24, 2.45) is 10.7 Å². The number of amidine groups is 1. The number of aliphatic imine (C=N–C) groups is 1. The van der Waals surface area contributed by atoms with Crippen molar-refractivity contribution in [3.05, 3.63) is 42.5 Å². The number of rotatable bonds is 2. The number of alkyl halides is 1. The van der Waals surface area contributed by atoms with Crippen LogP contribution in [0.25, 0.3) is 10.8 Å². The van der Waals surface area contributed by atoms with Crippen molar-refractivity contribution in [2.45, 2.75) is 0 Å². The van der Waals surface area contributed by atoms with Gasteiger partial charge in [0.1, 0.15) is 5.84 Å². The molecule has 0 amide bonds. The zero-order valence-corrected chi connectivity index (χ0v) is 8.91. The van der Waals surface area contributed by atoms with Gasteiger partial charge in [-0.1, -0.05) is 30.3 Å². The van der Waals surface area contributed by atoms with E-state index in [1.807, 2.05) is 36.4 Å². The highest BCUT2D eigenvalue weighted by Crippen LogP contribution is 2.20.